The second-order valence-electron chi connectivity index (χ2n) is 6.45. The Morgan fingerprint density at radius 2 is 1.84 bits per heavy atom. The minimum Gasteiger partial charge on any atom is -0.495 e. The summed E-state index contributed by atoms with van der Waals surface area (Å²) >= 11 is 9.39. The molecule has 7 heteroatoms. The molecule has 31 heavy (non-hydrogen) atoms. The zero-order valence-corrected chi connectivity index (χ0v) is 18.9. The molecule has 0 atom stereocenters. The first-order valence-electron chi connectivity index (χ1n) is 9.22. The lowest BCUT2D eigenvalue weighted by Crippen LogP contribution is -2.14. The maximum absolute atomic E-state index is 12.5. The number of carbonyl (C=O) groups excluding carboxylic acids is 1. The zero-order chi connectivity index (χ0) is 22.2. The number of carbonyl (C=O) groups is 1. The second-order valence-corrected chi connectivity index (χ2v) is 7.80. The number of benzene rings is 3. The summed E-state index contributed by atoms with van der Waals surface area (Å²) in [6, 6.07) is 21.8. The number of ether oxygens (including phenoxy) is 2. The monoisotopic (exact) mass is 496 g/mol. The highest BCUT2D eigenvalue weighted by Crippen LogP contribution is 2.28. The summed E-state index contributed by atoms with van der Waals surface area (Å²) in [5, 5.41) is 12.5. The lowest BCUT2D eigenvalue weighted by Gasteiger charge is -2.10. The highest BCUT2D eigenvalue weighted by atomic mass is 79.9. The third-order valence-electron chi connectivity index (χ3n) is 4.28. The number of anilines is 1. The minimum atomic E-state index is -0.557. The van der Waals surface area contributed by atoms with Gasteiger partial charge in [-0.15, -0.1) is 0 Å². The van der Waals surface area contributed by atoms with Gasteiger partial charge in [-0.3, -0.25) is 4.79 Å². The Kier molecular flexibility index (Phi) is 7.71. The number of nitrogens with zero attached hydrogens (tertiary/aromatic N) is 1. The van der Waals surface area contributed by atoms with Crippen LogP contribution in [0.4, 0.5) is 5.69 Å². The van der Waals surface area contributed by atoms with Crippen LogP contribution in [0.1, 0.15) is 11.1 Å². The smallest absolute Gasteiger partial charge is 0.266 e. The molecular weight excluding hydrogens is 480 g/mol. The van der Waals surface area contributed by atoms with Gasteiger partial charge in [-0.25, -0.2) is 0 Å². The van der Waals surface area contributed by atoms with Crippen LogP contribution in [0.15, 0.2) is 76.8 Å². The van der Waals surface area contributed by atoms with Crippen molar-refractivity contribution >= 4 is 45.2 Å². The number of nitriles is 1. The summed E-state index contributed by atoms with van der Waals surface area (Å²) in [5.74, 6) is 0.577. The molecule has 3 aromatic carbocycles. The predicted octanol–water partition coefficient (Wildman–Crippen LogP) is 6.24. The summed E-state index contributed by atoms with van der Waals surface area (Å²) < 4.78 is 12.0. The summed E-state index contributed by atoms with van der Waals surface area (Å²) in [4.78, 5) is 12.5. The SMILES string of the molecule is COc1ccc(Cl)cc1NC(=O)/C(C#N)=C/c1ccc(OCc2ccc(Br)cc2)cc1. The van der Waals surface area contributed by atoms with Crippen LogP contribution < -0.4 is 14.8 Å². The first-order chi connectivity index (χ1) is 15.0. The van der Waals surface area contributed by atoms with Gasteiger partial charge in [-0.2, -0.15) is 5.26 Å². The molecule has 0 spiro atoms. The van der Waals surface area contributed by atoms with E-state index < -0.39 is 5.91 Å². The van der Waals surface area contributed by atoms with Crippen LogP contribution in [0.25, 0.3) is 6.08 Å². The molecule has 0 unspecified atom stereocenters. The maximum Gasteiger partial charge on any atom is 0.266 e. The average molecular weight is 498 g/mol. The second kappa shape index (κ2) is 10.7. The number of nitrogens with one attached hydrogen (secondary N) is 1. The molecule has 0 aliphatic rings. The fourth-order valence-electron chi connectivity index (χ4n) is 2.69. The van der Waals surface area contributed by atoms with Gasteiger partial charge in [0.1, 0.15) is 29.7 Å². The normalized spacial score (nSPS) is 10.8. The van der Waals surface area contributed by atoms with E-state index in [1.54, 1.807) is 42.5 Å². The fraction of sp³-hybridized carbons (Fsp3) is 0.0833. The predicted molar refractivity (Wildman–Crippen MR) is 125 cm³/mol. The van der Waals surface area contributed by atoms with Crippen molar-refractivity contribution in [3.8, 4) is 17.6 Å². The van der Waals surface area contributed by atoms with E-state index in [2.05, 4.69) is 21.2 Å². The number of hydrogen-bond donors (Lipinski definition) is 1. The number of rotatable bonds is 7. The van der Waals surface area contributed by atoms with E-state index in [9.17, 15) is 10.1 Å². The molecular formula is C24H18BrClN2O3. The highest BCUT2D eigenvalue weighted by Gasteiger charge is 2.13. The van der Waals surface area contributed by atoms with Crippen molar-refractivity contribution in [2.45, 2.75) is 6.61 Å². The third-order valence-corrected chi connectivity index (χ3v) is 5.05. The molecule has 1 N–H and O–H groups in total. The Balaban J connectivity index is 1.67. The minimum absolute atomic E-state index is 0.0504. The van der Waals surface area contributed by atoms with Gasteiger partial charge in [0.2, 0.25) is 0 Å². The summed E-state index contributed by atoms with van der Waals surface area (Å²) in [6.07, 6.45) is 1.50. The lowest BCUT2D eigenvalue weighted by atomic mass is 10.1. The molecule has 0 radical (unpaired) electrons. The van der Waals surface area contributed by atoms with Gasteiger partial charge in [-0.05, 0) is 59.7 Å². The highest BCUT2D eigenvalue weighted by molar-refractivity contribution is 9.10. The Morgan fingerprint density at radius 3 is 2.48 bits per heavy atom. The van der Waals surface area contributed by atoms with Crippen molar-refractivity contribution in [3.05, 3.63) is 92.9 Å². The van der Waals surface area contributed by atoms with Crippen molar-refractivity contribution < 1.29 is 14.3 Å². The van der Waals surface area contributed by atoms with Gasteiger partial charge >= 0.3 is 0 Å². The van der Waals surface area contributed by atoms with Crippen LogP contribution in [0, 0.1) is 11.3 Å². The number of methoxy groups -OCH3 is 1. The van der Waals surface area contributed by atoms with E-state index in [1.807, 2.05) is 30.3 Å². The van der Waals surface area contributed by atoms with Crippen molar-refractivity contribution in [3.63, 3.8) is 0 Å². The number of hydrogen-bond acceptors (Lipinski definition) is 4. The van der Waals surface area contributed by atoms with Crippen LogP contribution in [0.5, 0.6) is 11.5 Å². The molecule has 0 heterocycles. The van der Waals surface area contributed by atoms with Crippen LogP contribution in [0.3, 0.4) is 0 Å². The Morgan fingerprint density at radius 1 is 1.13 bits per heavy atom. The maximum atomic E-state index is 12.5. The molecule has 3 rings (SSSR count). The average Bonchev–Trinajstić information content (AvgIpc) is 2.78. The molecule has 5 nitrogen and oxygen atoms in total. The van der Waals surface area contributed by atoms with Crippen molar-refractivity contribution in [1.82, 2.24) is 0 Å². The van der Waals surface area contributed by atoms with Gasteiger partial charge in [0.25, 0.3) is 5.91 Å². The van der Waals surface area contributed by atoms with Gasteiger partial charge in [0, 0.05) is 9.50 Å². The Labute approximate surface area is 194 Å². The Bertz CT molecular complexity index is 1140. The van der Waals surface area contributed by atoms with Gasteiger partial charge < -0.3 is 14.8 Å². The third kappa shape index (κ3) is 6.35. The lowest BCUT2D eigenvalue weighted by molar-refractivity contribution is -0.112. The molecule has 0 aliphatic carbocycles. The summed E-state index contributed by atoms with van der Waals surface area (Å²) in [7, 11) is 1.49. The van der Waals surface area contributed by atoms with E-state index >= 15 is 0 Å². The largest absolute Gasteiger partial charge is 0.495 e. The van der Waals surface area contributed by atoms with Crippen LogP contribution in [-0.4, -0.2) is 13.0 Å². The van der Waals surface area contributed by atoms with E-state index in [-0.39, 0.29) is 5.57 Å². The first kappa shape index (κ1) is 22.4. The first-order valence-corrected chi connectivity index (χ1v) is 10.4. The van der Waals surface area contributed by atoms with Crippen LogP contribution in [-0.2, 0) is 11.4 Å². The molecule has 0 saturated heterocycles. The molecule has 0 aliphatic heterocycles. The molecule has 0 fully saturated rings. The van der Waals surface area contributed by atoms with Crippen molar-refractivity contribution in [1.29, 1.82) is 5.26 Å². The van der Waals surface area contributed by atoms with E-state index in [4.69, 9.17) is 21.1 Å². The molecule has 0 aromatic heterocycles. The summed E-state index contributed by atoms with van der Waals surface area (Å²) in [6.45, 7) is 0.440. The standard InChI is InChI=1S/C24H18BrClN2O3/c1-30-23-11-8-20(26)13-22(23)28-24(29)18(14-27)12-16-4-9-21(10-5-16)31-15-17-2-6-19(25)7-3-17/h2-13H,15H2,1H3,(H,28,29)/b18-12+. The molecule has 156 valence electrons. The van der Waals surface area contributed by atoms with Crippen LogP contribution in [0.2, 0.25) is 5.02 Å². The van der Waals surface area contributed by atoms with Crippen molar-refractivity contribution in [2.24, 2.45) is 0 Å². The summed E-state index contributed by atoms with van der Waals surface area (Å²) in [5.41, 5.74) is 2.08. The number of amides is 1. The quantitative estimate of drug-likeness (QED) is 0.310. The molecule has 3 aromatic rings. The van der Waals surface area contributed by atoms with E-state index in [0.717, 1.165) is 10.0 Å². The molecule has 0 bridgehead atoms. The van der Waals surface area contributed by atoms with Gasteiger partial charge in [-0.1, -0.05) is 51.8 Å². The van der Waals surface area contributed by atoms with Gasteiger partial charge in [0.15, 0.2) is 0 Å². The Hall–Kier alpha value is -3.27. The van der Waals surface area contributed by atoms with E-state index in [1.165, 1.54) is 13.2 Å². The number of halogens is 2. The van der Waals surface area contributed by atoms with Crippen LogP contribution >= 0.6 is 27.5 Å². The molecule has 1 amide bonds. The fourth-order valence-corrected chi connectivity index (χ4v) is 3.13. The molecule has 0 saturated carbocycles. The topological polar surface area (TPSA) is 71.3 Å². The van der Waals surface area contributed by atoms with Gasteiger partial charge in [0.05, 0.1) is 12.8 Å². The van der Waals surface area contributed by atoms with E-state index in [0.29, 0.717) is 34.4 Å². The zero-order valence-electron chi connectivity index (χ0n) is 16.6. The van der Waals surface area contributed by atoms with Crippen molar-refractivity contribution in [2.75, 3.05) is 12.4 Å².